The Morgan fingerprint density at radius 3 is 2.63 bits per heavy atom. The topological polar surface area (TPSA) is 89.0 Å². The predicted molar refractivity (Wildman–Crippen MR) is 136 cm³/mol. The number of rotatable bonds is 6. The van der Waals surface area contributed by atoms with Crippen molar-refractivity contribution in [2.75, 3.05) is 44.4 Å². The quantitative estimate of drug-likeness (QED) is 0.472. The van der Waals surface area contributed by atoms with Gasteiger partial charge in [0.1, 0.15) is 0 Å². The maximum Gasteiger partial charge on any atom is 0.260 e. The number of benzene rings is 2. The van der Waals surface area contributed by atoms with Crippen LogP contribution in [0.1, 0.15) is 28.8 Å². The van der Waals surface area contributed by atoms with Crippen molar-refractivity contribution >= 4 is 54.2 Å². The number of carbonyl (C=O) groups is 1. The van der Waals surface area contributed by atoms with Crippen molar-refractivity contribution in [3.05, 3.63) is 52.5 Å². The number of nitrogens with zero attached hydrogens (tertiary/aromatic N) is 3. The summed E-state index contributed by atoms with van der Waals surface area (Å²) in [6.45, 7) is 4.38. The van der Waals surface area contributed by atoms with Gasteiger partial charge < -0.3 is 9.47 Å². The first-order valence-corrected chi connectivity index (χ1v) is 14.1. The van der Waals surface area contributed by atoms with Gasteiger partial charge in [-0.05, 0) is 61.7 Å². The number of sulfonamides is 1. The highest BCUT2D eigenvalue weighted by Crippen LogP contribution is 2.34. The zero-order valence-electron chi connectivity index (χ0n) is 19.3. The SMILES string of the molecule is Cc1cc(Cl)cc2sc(N(CC3CCCO3)C(=O)c3ccc(S(=O)(=O)N4CCOCC4)cc3)nc12. The molecule has 2 aliphatic heterocycles. The lowest BCUT2D eigenvalue weighted by Crippen LogP contribution is -2.40. The van der Waals surface area contributed by atoms with E-state index >= 15 is 0 Å². The number of ether oxygens (including phenoxy) is 2. The molecule has 0 saturated carbocycles. The molecular formula is C24H26ClN3O5S2. The first kappa shape index (κ1) is 24.6. The summed E-state index contributed by atoms with van der Waals surface area (Å²) >= 11 is 7.64. The monoisotopic (exact) mass is 535 g/mol. The smallest absolute Gasteiger partial charge is 0.260 e. The highest BCUT2D eigenvalue weighted by molar-refractivity contribution is 7.89. The minimum Gasteiger partial charge on any atom is -0.379 e. The van der Waals surface area contributed by atoms with Crippen molar-refractivity contribution in [3.63, 3.8) is 0 Å². The van der Waals surface area contributed by atoms with Gasteiger partial charge >= 0.3 is 0 Å². The third kappa shape index (κ3) is 5.09. The Labute approximate surface area is 213 Å². The molecule has 2 aliphatic rings. The normalized spacial score (nSPS) is 19.3. The van der Waals surface area contributed by atoms with Gasteiger partial charge in [0.2, 0.25) is 10.0 Å². The molecule has 2 aromatic carbocycles. The van der Waals surface area contributed by atoms with E-state index in [0.29, 0.717) is 55.2 Å². The molecule has 35 heavy (non-hydrogen) atoms. The zero-order valence-corrected chi connectivity index (χ0v) is 21.7. The standard InChI is InChI=1S/C24H26ClN3O5S2/c1-16-13-18(25)14-21-22(16)26-24(34-21)28(15-19-3-2-10-33-19)23(29)17-4-6-20(7-5-17)35(30,31)27-8-11-32-12-9-27/h4-7,13-14,19H,2-3,8-12,15H2,1H3. The maximum atomic E-state index is 13.7. The molecule has 0 spiro atoms. The number of halogens is 1. The number of fused-ring (bicyclic) bond motifs is 1. The van der Waals surface area contributed by atoms with Crippen LogP contribution in [-0.2, 0) is 19.5 Å². The Morgan fingerprint density at radius 2 is 1.94 bits per heavy atom. The van der Waals surface area contributed by atoms with Crippen LogP contribution in [0.3, 0.4) is 0 Å². The molecule has 0 aliphatic carbocycles. The molecule has 8 nitrogen and oxygen atoms in total. The van der Waals surface area contributed by atoms with Gasteiger partial charge in [0.05, 0.1) is 41.0 Å². The first-order chi connectivity index (χ1) is 16.8. The van der Waals surface area contributed by atoms with Gasteiger partial charge in [0.15, 0.2) is 5.13 Å². The minimum atomic E-state index is -3.64. The van der Waals surface area contributed by atoms with E-state index in [9.17, 15) is 13.2 Å². The van der Waals surface area contributed by atoms with Crippen LogP contribution in [0.25, 0.3) is 10.2 Å². The second kappa shape index (κ2) is 10.1. The van der Waals surface area contributed by atoms with Gasteiger partial charge in [-0.15, -0.1) is 0 Å². The Morgan fingerprint density at radius 1 is 1.20 bits per heavy atom. The lowest BCUT2D eigenvalue weighted by Gasteiger charge is -2.26. The number of hydrogen-bond acceptors (Lipinski definition) is 7. The molecule has 2 saturated heterocycles. The van der Waals surface area contributed by atoms with E-state index in [1.165, 1.54) is 27.8 Å². The van der Waals surface area contributed by atoms with Crippen LogP contribution >= 0.6 is 22.9 Å². The van der Waals surface area contributed by atoms with Gasteiger partial charge in [-0.25, -0.2) is 13.4 Å². The van der Waals surface area contributed by atoms with Gasteiger partial charge in [-0.2, -0.15) is 4.31 Å². The number of morpholine rings is 1. The van der Waals surface area contributed by atoms with E-state index in [2.05, 4.69) is 0 Å². The largest absolute Gasteiger partial charge is 0.379 e. The lowest BCUT2D eigenvalue weighted by molar-refractivity contribution is 0.0730. The fourth-order valence-electron chi connectivity index (χ4n) is 4.36. The summed E-state index contributed by atoms with van der Waals surface area (Å²) < 4.78 is 39.3. The summed E-state index contributed by atoms with van der Waals surface area (Å²) in [5.74, 6) is -0.251. The molecule has 3 aromatic rings. The third-order valence-electron chi connectivity index (χ3n) is 6.23. The van der Waals surface area contributed by atoms with Crippen LogP contribution < -0.4 is 4.90 Å². The lowest BCUT2D eigenvalue weighted by atomic mass is 10.2. The van der Waals surface area contributed by atoms with Crippen molar-refractivity contribution in [1.82, 2.24) is 9.29 Å². The maximum absolute atomic E-state index is 13.7. The number of thiazole rings is 1. The average molecular weight is 536 g/mol. The van der Waals surface area contributed by atoms with E-state index in [-0.39, 0.29) is 16.9 Å². The number of aromatic nitrogens is 1. The molecule has 0 N–H and O–H groups in total. The number of hydrogen-bond donors (Lipinski definition) is 0. The molecule has 1 atom stereocenters. The summed E-state index contributed by atoms with van der Waals surface area (Å²) in [6, 6.07) is 9.81. The Hall–Kier alpha value is -2.08. The van der Waals surface area contributed by atoms with Gasteiger partial charge in [-0.3, -0.25) is 9.69 Å². The molecule has 1 aromatic heterocycles. The second-order valence-corrected chi connectivity index (χ2v) is 12.0. The Balaban J connectivity index is 1.45. The van der Waals surface area contributed by atoms with E-state index in [4.69, 9.17) is 26.1 Å². The molecular weight excluding hydrogens is 510 g/mol. The van der Waals surface area contributed by atoms with Crippen molar-refractivity contribution < 1.29 is 22.7 Å². The summed E-state index contributed by atoms with van der Waals surface area (Å²) in [6.07, 6.45) is 1.75. The van der Waals surface area contributed by atoms with Crippen LogP contribution in [0.15, 0.2) is 41.3 Å². The van der Waals surface area contributed by atoms with E-state index in [1.807, 2.05) is 19.1 Å². The van der Waals surface area contributed by atoms with Crippen LogP contribution in [0, 0.1) is 6.92 Å². The highest BCUT2D eigenvalue weighted by Gasteiger charge is 2.29. The van der Waals surface area contributed by atoms with E-state index < -0.39 is 10.0 Å². The summed E-state index contributed by atoms with van der Waals surface area (Å²) in [5.41, 5.74) is 2.14. The van der Waals surface area contributed by atoms with Gasteiger partial charge in [0.25, 0.3) is 5.91 Å². The van der Waals surface area contributed by atoms with Crippen molar-refractivity contribution in [2.45, 2.75) is 30.8 Å². The summed E-state index contributed by atoms with van der Waals surface area (Å²) in [5, 5.41) is 1.19. The number of aryl methyl sites for hydroxylation is 1. The van der Waals surface area contributed by atoms with Crippen molar-refractivity contribution in [3.8, 4) is 0 Å². The molecule has 5 rings (SSSR count). The fourth-order valence-corrected chi connectivity index (χ4v) is 7.20. The molecule has 1 amide bonds. The minimum absolute atomic E-state index is 0.0726. The molecule has 3 heterocycles. The van der Waals surface area contributed by atoms with Crippen LogP contribution in [0.2, 0.25) is 5.02 Å². The number of carbonyl (C=O) groups excluding carboxylic acids is 1. The van der Waals surface area contributed by atoms with E-state index in [0.717, 1.165) is 28.6 Å². The summed E-state index contributed by atoms with van der Waals surface area (Å²) in [7, 11) is -3.64. The molecule has 0 bridgehead atoms. The Kier molecular flexibility index (Phi) is 7.11. The molecule has 1 unspecified atom stereocenters. The first-order valence-electron chi connectivity index (χ1n) is 11.5. The number of amides is 1. The molecule has 186 valence electrons. The predicted octanol–water partition coefficient (Wildman–Crippen LogP) is 4.10. The van der Waals surface area contributed by atoms with Crippen molar-refractivity contribution in [1.29, 1.82) is 0 Å². The van der Waals surface area contributed by atoms with Crippen LogP contribution in [0.4, 0.5) is 5.13 Å². The van der Waals surface area contributed by atoms with E-state index in [1.54, 1.807) is 17.0 Å². The fraction of sp³-hybridized carbons (Fsp3) is 0.417. The van der Waals surface area contributed by atoms with Crippen molar-refractivity contribution in [2.24, 2.45) is 0 Å². The zero-order chi connectivity index (χ0) is 24.6. The second-order valence-electron chi connectivity index (χ2n) is 8.66. The third-order valence-corrected chi connectivity index (χ3v) is 9.39. The molecule has 11 heteroatoms. The summed E-state index contributed by atoms with van der Waals surface area (Å²) in [4.78, 5) is 20.2. The van der Waals surface area contributed by atoms with Gasteiger partial charge in [0, 0.05) is 30.3 Å². The number of anilines is 1. The average Bonchev–Trinajstić information content (AvgIpc) is 3.53. The Bertz CT molecular complexity index is 1330. The van der Waals surface area contributed by atoms with Crippen LogP contribution in [0.5, 0.6) is 0 Å². The van der Waals surface area contributed by atoms with Gasteiger partial charge in [-0.1, -0.05) is 22.9 Å². The highest BCUT2D eigenvalue weighted by atomic mass is 35.5. The van der Waals surface area contributed by atoms with Crippen LogP contribution in [-0.4, -0.2) is 69.2 Å². The molecule has 2 fully saturated rings. The molecule has 0 radical (unpaired) electrons.